The smallest absolute Gasteiger partial charge is 0.308 e. The summed E-state index contributed by atoms with van der Waals surface area (Å²) in [7, 11) is 0. The molecule has 5 heteroatoms. The normalized spacial score (nSPS) is 25.4. The Kier molecular flexibility index (Phi) is 2.88. The molecule has 2 unspecified atom stereocenters. The van der Waals surface area contributed by atoms with Crippen LogP contribution in [0.3, 0.4) is 0 Å². The van der Waals surface area contributed by atoms with Gasteiger partial charge in [0.2, 0.25) is 0 Å². The average Bonchev–Trinajstić information content (AvgIpc) is 2.65. The molecule has 1 aliphatic rings. The van der Waals surface area contributed by atoms with E-state index in [0.29, 0.717) is 18.1 Å². The second kappa shape index (κ2) is 4.16. The number of hydrogen-bond acceptors (Lipinski definition) is 3. The molecular weight excluding hydrogens is 216 g/mol. The quantitative estimate of drug-likeness (QED) is 0.794. The lowest BCUT2D eigenvalue weighted by atomic mass is 9.92. The molecule has 2 atom stereocenters. The Balaban J connectivity index is 2.26. The summed E-state index contributed by atoms with van der Waals surface area (Å²) in [6, 6.07) is 3.42. The number of carboxylic acids is 1. The van der Waals surface area contributed by atoms with Crippen LogP contribution in [-0.2, 0) is 4.79 Å². The lowest BCUT2D eigenvalue weighted by Crippen LogP contribution is -2.21. The van der Waals surface area contributed by atoms with Crippen molar-refractivity contribution in [3.05, 3.63) is 29.0 Å². The standard InChI is InChI=1S/C10H11ClN2O2/c11-6-1-2-13-9(3-6)7-4-12-5-8(7)10(14)15/h1-3,7-8,12H,4-5H2,(H,14,15). The van der Waals surface area contributed by atoms with E-state index in [1.165, 1.54) is 0 Å². The van der Waals surface area contributed by atoms with E-state index in [4.69, 9.17) is 16.7 Å². The summed E-state index contributed by atoms with van der Waals surface area (Å²) in [6.07, 6.45) is 1.61. The highest BCUT2D eigenvalue weighted by Gasteiger charge is 2.34. The maximum Gasteiger partial charge on any atom is 0.308 e. The molecule has 80 valence electrons. The van der Waals surface area contributed by atoms with Crippen LogP contribution in [0, 0.1) is 5.92 Å². The van der Waals surface area contributed by atoms with Crippen LogP contribution in [0.4, 0.5) is 0 Å². The van der Waals surface area contributed by atoms with E-state index in [1.54, 1.807) is 18.3 Å². The molecule has 0 bridgehead atoms. The topological polar surface area (TPSA) is 62.2 Å². The maximum absolute atomic E-state index is 11.0. The minimum absolute atomic E-state index is 0.0822. The molecular formula is C10H11ClN2O2. The number of rotatable bonds is 2. The highest BCUT2D eigenvalue weighted by molar-refractivity contribution is 6.30. The third-order valence-electron chi connectivity index (χ3n) is 2.65. The van der Waals surface area contributed by atoms with E-state index in [1.807, 2.05) is 0 Å². The van der Waals surface area contributed by atoms with Crippen LogP contribution in [0.2, 0.25) is 5.02 Å². The molecule has 4 nitrogen and oxygen atoms in total. The van der Waals surface area contributed by atoms with Gasteiger partial charge in [-0.25, -0.2) is 0 Å². The Hall–Kier alpha value is -1.13. The molecule has 0 aliphatic carbocycles. The van der Waals surface area contributed by atoms with Gasteiger partial charge in [0.15, 0.2) is 0 Å². The maximum atomic E-state index is 11.0. The van der Waals surface area contributed by atoms with E-state index >= 15 is 0 Å². The fourth-order valence-electron chi connectivity index (χ4n) is 1.87. The lowest BCUT2D eigenvalue weighted by Gasteiger charge is -2.13. The lowest BCUT2D eigenvalue weighted by molar-refractivity contribution is -0.141. The van der Waals surface area contributed by atoms with Crippen LogP contribution in [0.25, 0.3) is 0 Å². The van der Waals surface area contributed by atoms with E-state index in [0.717, 1.165) is 5.69 Å². The molecule has 1 saturated heterocycles. The molecule has 0 spiro atoms. The van der Waals surface area contributed by atoms with Gasteiger partial charge in [-0.3, -0.25) is 9.78 Å². The molecule has 2 N–H and O–H groups in total. The zero-order chi connectivity index (χ0) is 10.8. The fourth-order valence-corrected chi connectivity index (χ4v) is 2.04. The van der Waals surface area contributed by atoms with E-state index in [2.05, 4.69) is 10.3 Å². The van der Waals surface area contributed by atoms with Crippen LogP contribution in [0.5, 0.6) is 0 Å². The van der Waals surface area contributed by atoms with Crippen molar-refractivity contribution in [2.45, 2.75) is 5.92 Å². The van der Waals surface area contributed by atoms with Gasteiger partial charge in [-0.05, 0) is 12.1 Å². The third-order valence-corrected chi connectivity index (χ3v) is 2.89. The monoisotopic (exact) mass is 226 g/mol. The summed E-state index contributed by atoms with van der Waals surface area (Å²) in [4.78, 5) is 15.1. The van der Waals surface area contributed by atoms with Gasteiger partial charge in [-0.1, -0.05) is 11.6 Å². The number of carbonyl (C=O) groups is 1. The molecule has 2 rings (SSSR count). The Morgan fingerprint density at radius 3 is 3.07 bits per heavy atom. The number of nitrogens with one attached hydrogen (secondary N) is 1. The number of nitrogens with zero attached hydrogens (tertiary/aromatic N) is 1. The molecule has 1 aromatic heterocycles. The Labute approximate surface area is 92.3 Å². The summed E-state index contributed by atoms with van der Waals surface area (Å²) >= 11 is 5.84. The van der Waals surface area contributed by atoms with Gasteiger partial charge < -0.3 is 10.4 Å². The predicted octanol–water partition coefficient (Wildman–Crippen LogP) is 1.12. The van der Waals surface area contributed by atoms with Gasteiger partial charge in [-0.2, -0.15) is 0 Å². The van der Waals surface area contributed by atoms with Gasteiger partial charge >= 0.3 is 5.97 Å². The predicted molar refractivity (Wildman–Crippen MR) is 56.0 cm³/mol. The van der Waals surface area contributed by atoms with Crippen LogP contribution in [-0.4, -0.2) is 29.1 Å². The van der Waals surface area contributed by atoms with Crippen molar-refractivity contribution < 1.29 is 9.90 Å². The summed E-state index contributed by atoms with van der Waals surface area (Å²) in [5.74, 6) is -1.27. The second-order valence-corrected chi connectivity index (χ2v) is 4.04. The van der Waals surface area contributed by atoms with Crippen molar-refractivity contribution in [3.8, 4) is 0 Å². The molecule has 1 aliphatic heterocycles. The minimum Gasteiger partial charge on any atom is -0.481 e. The SMILES string of the molecule is O=C(O)C1CNCC1c1cc(Cl)ccn1. The van der Waals surface area contributed by atoms with Crippen LogP contribution < -0.4 is 5.32 Å². The summed E-state index contributed by atoms with van der Waals surface area (Å²) in [6.45, 7) is 1.14. The molecule has 1 aromatic rings. The minimum atomic E-state index is -0.785. The summed E-state index contributed by atoms with van der Waals surface area (Å²) < 4.78 is 0. The van der Waals surface area contributed by atoms with Crippen molar-refractivity contribution in [2.75, 3.05) is 13.1 Å². The van der Waals surface area contributed by atoms with Gasteiger partial charge in [0.1, 0.15) is 0 Å². The largest absolute Gasteiger partial charge is 0.481 e. The first-order valence-electron chi connectivity index (χ1n) is 4.73. The van der Waals surface area contributed by atoms with Crippen molar-refractivity contribution in [1.29, 1.82) is 0 Å². The number of aliphatic carboxylic acids is 1. The molecule has 0 amide bonds. The highest BCUT2D eigenvalue weighted by Crippen LogP contribution is 2.28. The molecule has 0 saturated carbocycles. The average molecular weight is 227 g/mol. The molecule has 0 radical (unpaired) electrons. The van der Waals surface area contributed by atoms with Crippen molar-refractivity contribution >= 4 is 17.6 Å². The third kappa shape index (κ3) is 2.11. The first kappa shape index (κ1) is 10.4. The Morgan fingerprint density at radius 2 is 2.40 bits per heavy atom. The molecule has 2 heterocycles. The van der Waals surface area contributed by atoms with Crippen molar-refractivity contribution in [1.82, 2.24) is 10.3 Å². The van der Waals surface area contributed by atoms with E-state index < -0.39 is 11.9 Å². The highest BCUT2D eigenvalue weighted by atomic mass is 35.5. The summed E-state index contributed by atoms with van der Waals surface area (Å²) in [5.41, 5.74) is 0.750. The number of hydrogen-bond donors (Lipinski definition) is 2. The van der Waals surface area contributed by atoms with Gasteiger partial charge in [0.25, 0.3) is 0 Å². The zero-order valence-electron chi connectivity index (χ0n) is 7.98. The first-order valence-corrected chi connectivity index (χ1v) is 5.11. The van der Waals surface area contributed by atoms with Crippen LogP contribution >= 0.6 is 11.6 Å². The van der Waals surface area contributed by atoms with Crippen LogP contribution in [0.15, 0.2) is 18.3 Å². The van der Waals surface area contributed by atoms with Crippen molar-refractivity contribution in [3.63, 3.8) is 0 Å². The first-order chi connectivity index (χ1) is 7.18. The van der Waals surface area contributed by atoms with Crippen LogP contribution in [0.1, 0.15) is 11.6 Å². The van der Waals surface area contributed by atoms with E-state index in [-0.39, 0.29) is 5.92 Å². The molecule has 1 fully saturated rings. The molecule has 15 heavy (non-hydrogen) atoms. The Morgan fingerprint density at radius 1 is 1.60 bits per heavy atom. The number of aromatic nitrogens is 1. The number of carboxylic acid groups (broad SMARTS) is 1. The molecule has 0 aromatic carbocycles. The Bertz CT molecular complexity index is 383. The van der Waals surface area contributed by atoms with Gasteiger partial charge in [0.05, 0.1) is 5.92 Å². The fraction of sp³-hybridized carbons (Fsp3) is 0.400. The number of pyridine rings is 1. The van der Waals surface area contributed by atoms with E-state index in [9.17, 15) is 4.79 Å². The number of halogens is 1. The van der Waals surface area contributed by atoms with Crippen molar-refractivity contribution in [2.24, 2.45) is 5.92 Å². The zero-order valence-corrected chi connectivity index (χ0v) is 8.74. The summed E-state index contributed by atoms with van der Waals surface area (Å²) in [5, 5.41) is 12.7. The second-order valence-electron chi connectivity index (χ2n) is 3.61. The van der Waals surface area contributed by atoms with Gasteiger partial charge in [-0.15, -0.1) is 0 Å². The van der Waals surface area contributed by atoms with Gasteiger partial charge in [0, 0.05) is 35.9 Å².